The highest BCUT2D eigenvalue weighted by atomic mass is 16.4. The third-order valence-corrected chi connectivity index (χ3v) is 5.21. The molecular formula is C25H19N3O2. The van der Waals surface area contributed by atoms with Gasteiger partial charge in [0.05, 0.1) is 0 Å². The molecule has 5 nitrogen and oxygen atoms in total. The number of aryl methyl sites for hydroxylation is 2. The molecule has 5 heteroatoms. The molecule has 30 heavy (non-hydrogen) atoms. The molecule has 0 aliphatic rings. The Balaban J connectivity index is 1.78. The van der Waals surface area contributed by atoms with Crippen LogP contribution in [0.25, 0.3) is 39.5 Å². The van der Waals surface area contributed by atoms with Crippen LogP contribution in [0.4, 0.5) is 0 Å². The molecule has 0 aliphatic heterocycles. The van der Waals surface area contributed by atoms with Gasteiger partial charge in [0.2, 0.25) is 5.89 Å². The van der Waals surface area contributed by atoms with E-state index in [1.807, 2.05) is 86.6 Å². The molecule has 0 amide bonds. The highest BCUT2D eigenvalue weighted by Crippen LogP contribution is 2.31. The first-order valence-corrected chi connectivity index (χ1v) is 9.73. The van der Waals surface area contributed by atoms with Crippen LogP contribution < -0.4 is 5.56 Å². The summed E-state index contributed by atoms with van der Waals surface area (Å²) in [7, 11) is 0. The lowest BCUT2D eigenvalue weighted by Gasteiger charge is -2.07. The number of benzene rings is 2. The van der Waals surface area contributed by atoms with Crippen molar-refractivity contribution in [3.63, 3.8) is 0 Å². The minimum absolute atomic E-state index is 0.222. The molecule has 0 spiro atoms. The van der Waals surface area contributed by atoms with Gasteiger partial charge in [0.1, 0.15) is 5.52 Å². The van der Waals surface area contributed by atoms with E-state index in [4.69, 9.17) is 9.40 Å². The molecule has 0 bridgehead atoms. The Hall–Kier alpha value is -3.99. The molecule has 0 saturated carbocycles. The minimum atomic E-state index is -0.222. The first kappa shape index (κ1) is 18.1. The van der Waals surface area contributed by atoms with E-state index in [0.717, 1.165) is 27.8 Å². The van der Waals surface area contributed by atoms with E-state index in [9.17, 15) is 4.79 Å². The predicted octanol–water partition coefficient (Wildman–Crippen LogP) is 5.32. The second kappa shape index (κ2) is 7.12. The second-order valence-corrected chi connectivity index (χ2v) is 7.22. The predicted molar refractivity (Wildman–Crippen MR) is 118 cm³/mol. The van der Waals surface area contributed by atoms with Gasteiger partial charge < -0.3 is 4.42 Å². The van der Waals surface area contributed by atoms with Crippen LogP contribution >= 0.6 is 0 Å². The number of pyridine rings is 2. The largest absolute Gasteiger partial charge is 0.434 e. The van der Waals surface area contributed by atoms with Crippen molar-refractivity contribution >= 4 is 10.9 Å². The third kappa shape index (κ3) is 3.01. The smallest absolute Gasteiger partial charge is 0.282 e. The summed E-state index contributed by atoms with van der Waals surface area (Å²) in [5, 5.41) is 0.812. The van der Waals surface area contributed by atoms with Crippen LogP contribution in [0.2, 0.25) is 0 Å². The number of fused-ring (bicyclic) bond motifs is 1. The highest BCUT2D eigenvalue weighted by molar-refractivity contribution is 5.79. The minimum Gasteiger partial charge on any atom is -0.434 e. The lowest BCUT2D eigenvalue weighted by atomic mass is 10.1. The maximum atomic E-state index is 13.3. The van der Waals surface area contributed by atoms with Gasteiger partial charge in [-0.2, -0.15) is 4.98 Å². The van der Waals surface area contributed by atoms with E-state index in [0.29, 0.717) is 23.0 Å². The molecule has 0 radical (unpaired) electrons. The van der Waals surface area contributed by atoms with Crippen LogP contribution in [0.15, 0.2) is 88.2 Å². The number of hydrogen-bond acceptors (Lipinski definition) is 4. The van der Waals surface area contributed by atoms with Crippen molar-refractivity contribution in [1.29, 1.82) is 0 Å². The van der Waals surface area contributed by atoms with Crippen molar-refractivity contribution in [3.8, 4) is 28.6 Å². The third-order valence-electron chi connectivity index (χ3n) is 5.21. The fourth-order valence-electron chi connectivity index (χ4n) is 3.49. The quantitative estimate of drug-likeness (QED) is 0.416. The average Bonchev–Trinajstić information content (AvgIpc) is 3.22. The summed E-state index contributed by atoms with van der Waals surface area (Å²) in [4.78, 5) is 22.6. The summed E-state index contributed by atoms with van der Waals surface area (Å²) in [6, 6.07) is 23.2. The topological polar surface area (TPSA) is 60.9 Å². The van der Waals surface area contributed by atoms with Crippen molar-refractivity contribution in [3.05, 3.63) is 101 Å². The van der Waals surface area contributed by atoms with Gasteiger partial charge in [0.25, 0.3) is 5.56 Å². The highest BCUT2D eigenvalue weighted by Gasteiger charge is 2.20. The fraction of sp³-hybridized carbons (Fsp3) is 0.0800. The van der Waals surface area contributed by atoms with Crippen LogP contribution in [0.3, 0.4) is 0 Å². The zero-order chi connectivity index (χ0) is 20.7. The second-order valence-electron chi connectivity index (χ2n) is 7.22. The maximum absolute atomic E-state index is 13.3. The molecule has 0 fully saturated rings. The zero-order valence-corrected chi connectivity index (χ0v) is 16.7. The summed E-state index contributed by atoms with van der Waals surface area (Å²) in [5.74, 6) is 1.45. The van der Waals surface area contributed by atoms with Crippen LogP contribution in [-0.4, -0.2) is 14.5 Å². The Morgan fingerprint density at radius 1 is 0.833 bits per heavy atom. The SMILES string of the molecule is Cc1cc2ccn(-c3nc(-c4ccccc4)oc3-c3ccccc3)c(=O)c2nc1C. The van der Waals surface area contributed by atoms with Crippen molar-refractivity contribution in [2.75, 3.05) is 0 Å². The van der Waals surface area contributed by atoms with Gasteiger partial charge in [0.15, 0.2) is 11.6 Å². The van der Waals surface area contributed by atoms with E-state index >= 15 is 0 Å². The molecule has 0 aliphatic carbocycles. The van der Waals surface area contributed by atoms with E-state index in [1.54, 1.807) is 6.20 Å². The Labute approximate surface area is 173 Å². The molecule has 3 aromatic heterocycles. The lowest BCUT2D eigenvalue weighted by Crippen LogP contribution is -2.20. The van der Waals surface area contributed by atoms with Gasteiger partial charge >= 0.3 is 0 Å². The monoisotopic (exact) mass is 393 g/mol. The van der Waals surface area contributed by atoms with Crippen molar-refractivity contribution in [1.82, 2.24) is 14.5 Å². The molecule has 2 aromatic carbocycles. The summed E-state index contributed by atoms with van der Waals surface area (Å²) >= 11 is 0. The van der Waals surface area contributed by atoms with Gasteiger partial charge in [-0.25, -0.2) is 4.98 Å². The zero-order valence-electron chi connectivity index (χ0n) is 16.7. The standard InChI is InChI=1S/C25H19N3O2/c1-16-15-20-13-14-28(25(29)21(20)26-17(16)2)23-22(18-9-5-3-6-10-18)30-24(27-23)19-11-7-4-8-12-19/h3-15H,1-2H3. The van der Waals surface area contributed by atoms with E-state index in [-0.39, 0.29) is 5.56 Å². The summed E-state index contributed by atoms with van der Waals surface area (Å²) in [6.07, 6.45) is 1.74. The summed E-state index contributed by atoms with van der Waals surface area (Å²) < 4.78 is 7.68. The van der Waals surface area contributed by atoms with Gasteiger partial charge in [-0.05, 0) is 43.7 Å². The molecule has 0 N–H and O–H groups in total. The van der Waals surface area contributed by atoms with Crippen LogP contribution in [-0.2, 0) is 0 Å². The molecule has 3 heterocycles. The van der Waals surface area contributed by atoms with Gasteiger partial charge in [0, 0.05) is 28.4 Å². The normalized spacial score (nSPS) is 11.1. The summed E-state index contributed by atoms with van der Waals surface area (Å²) in [5.41, 5.74) is 3.79. The number of nitrogens with zero attached hydrogens (tertiary/aromatic N) is 3. The molecule has 5 aromatic rings. The molecule has 0 saturated heterocycles. The lowest BCUT2D eigenvalue weighted by molar-refractivity contribution is 0.588. The number of aromatic nitrogens is 3. The van der Waals surface area contributed by atoms with Gasteiger partial charge in [-0.1, -0.05) is 48.5 Å². The molecule has 0 atom stereocenters. The number of hydrogen-bond donors (Lipinski definition) is 0. The molecule has 0 unspecified atom stereocenters. The Morgan fingerprint density at radius 2 is 1.50 bits per heavy atom. The van der Waals surface area contributed by atoms with Gasteiger partial charge in [-0.3, -0.25) is 9.36 Å². The van der Waals surface area contributed by atoms with Gasteiger partial charge in [-0.15, -0.1) is 0 Å². The van der Waals surface area contributed by atoms with E-state index in [1.165, 1.54) is 4.57 Å². The van der Waals surface area contributed by atoms with Crippen LogP contribution in [0, 0.1) is 13.8 Å². The molecule has 5 rings (SSSR count). The van der Waals surface area contributed by atoms with Crippen molar-refractivity contribution in [2.45, 2.75) is 13.8 Å². The van der Waals surface area contributed by atoms with Crippen molar-refractivity contribution < 1.29 is 4.42 Å². The number of oxazole rings is 1. The van der Waals surface area contributed by atoms with Crippen molar-refractivity contribution in [2.24, 2.45) is 0 Å². The van der Waals surface area contributed by atoms with E-state index < -0.39 is 0 Å². The summed E-state index contributed by atoms with van der Waals surface area (Å²) in [6.45, 7) is 3.90. The Morgan fingerprint density at radius 3 is 2.20 bits per heavy atom. The Kier molecular flexibility index (Phi) is 4.29. The number of rotatable bonds is 3. The average molecular weight is 393 g/mol. The Bertz CT molecular complexity index is 1420. The van der Waals surface area contributed by atoms with E-state index in [2.05, 4.69) is 4.98 Å². The maximum Gasteiger partial charge on any atom is 0.282 e. The fourth-order valence-corrected chi connectivity index (χ4v) is 3.49. The first-order chi connectivity index (χ1) is 14.6. The first-order valence-electron chi connectivity index (χ1n) is 9.73. The van der Waals surface area contributed by atoms with Crippen LogP contribution in [0.1, 0.15) is 11.3 Å². The molecule has 146 valence electrons. The molecular weight excluding hydrogens is 374 g/mol. The van der Waals surface area contributed by atoms with Crippen LogP contribution in [0.5, 0.6) is 0 Å².